The molecule has 1 N–H and O–H groups in total. The van der Waals surface area contributed by atoms with Crippen LogP contribution in [-0.4, -0.2) is 15.2 Å². The molecule has 0 spiro atoms. The number of benzene rings is 2. The van der Waals surface area contributed by atoms with Crippen LogP contribution < -0.4 is 0 Å². The van der Waals surface area contributed by atoms with Crippen molar-refractivity contribution in [2.75, 3.05) is 0 Å². The maximum atomic E-state index is 6.03. The lowest BCUT2D eigenvalue weighted by molar-refractivity contribution is 1.13. The molecule has 4 aromatic rings. The van der Waals surface area contributed by atoms with E-state index in [1.807, 2.05) is 42.5 Å². The fourth-order valence-electron chi connectivity index (χ4n) is 2.32. The van der Waals surface area contributed by atoms with Crippen LogP contribution in [0.5, 0.6) is 0 Å². The van der Waals surface area contributed by atoms with Gasteiger partial charge in [-0.3, -0.25) is 0 Å². The fraction of sp³-hybridized carbons (Fsp3) is 0. The Kier molecular flexibility index (Phi) is 1.88. The molecule has 3 nitrogen and oxygen atoms in total. The minimum atomic E-state index is 0.707. The van der Waals surface area contributed by atoms with Crippen LogP contribution in [0.2, 0.25) is 5.02 Å². The van der Waals surface area contributed by atoms with Gasteiger partial charge in [0.15, 0.2) is 0 Å². The SMILES string of the molecule is Clc1ccc2[nH]c3c4ccccc4nnc3c2c1. The van der Waals surface area contributed by atoms with Crippen LogP contribution in [0.4, 0.5) is 0 Å². The zero-order valence-corrected chi connectivity index (χ0v) is 10.1. The summed E-state index contributed by atoms with van der Waals surface area (Å²) in [6.45, 7) is 0. The lowest BCUT2D eigenvalue weighted by atomic mass is 10.2. The first-order valence-corrected chi connectivity index (χ1v) is 6.03. The van der Waals surface area contributed by atoms with Gasteiger partial charge in [-0.15, -0.1) is 10.2 Å². The van der Waals surface area contributed by atoms with Gasteiger partial charge in [0.1, 0.15) is 5.52 Å². The number of nitrogens with zero attached hydrogens (tertiary/aromatic N) is 2. The summed E-state index contributed by atoms with van der Waals surface area (Å²) in [7, 11) is 0. The third-order valence-electron chi connectivity index (χ3n) is 3.16. The minimum absolute atomic E-state index is 0.707. The minimum Gasteiger partial charge on any atom is -0.353 e. The van der Waals surface area contributed by atoms with E-state index in [0.717, 1.165) is 32.8 Å². The molecule has 0 unspecified atom stereocenters. The summed E-state index contributed by atoms with van der Waals surface area (Å²) in [4.78, 5) is 3.39. The van der Waals surface area contributed by atoms with Crippen LogP contribution >= 0.6 is 11.6 Å². The molecule has 0 fully saturated rings. The lowest BCUT2D eigenvalue weighted by Gasteiger charge is -1.96. The molecule has 0 saturated heterocycles. The van der Waals surface area contributed by atoms with Gasteiger partial charge in [-0.05, 0) is 24.3 Å². The Morgan fingerprint density at radius 2 is 1.83 bits per heavy atom. The quantitative estimate of drug-likeness (QED) is 0.516. The predicted molar refractivity (Wildman–Crippen MR) is 73.9 cm³/mol. The molecule has 2 aromatic heterocycles. The van der Waals surface area contributed by atoms with Gasteiger partial charge in [0.05, 0.1) is 11.0 Å². The molecule has 0 bridgehead atoms. The third kappa shape index (κ3) is 1.25. The smallest absolute Gasteiger partial charge is 0.119 e. The Bertz CT molecular complexity index is 895. The van der Waals surface area contributed by atoms with Gasteiger partial charge < -0.3 is 4.98 Å². The molecule has 86 valence electrons. The van der Waals surface area contributed by atoms with Crippen molar-refractivity contribution in [3.8, 4) is 0 Å². The topological polar surface area (TPSA) is 41.6 Å². The van der Waals surface area contributed by atoms with Crippen molar-refractivity contribution in [3.63, 3.8) is 0 Å². The Morgan fingerprint density at radius 1 is 0.944 bits per heavy atom. The first-order valence-electron chi connectivity index (χ1n) is 5.65. The number of aromatic amines is 1. The summed E-state index contributed by atoms with van der Waals surface area (Å²) < 4.78 is 0. The molecule has 4 rings (SSSR count). The second kappa shape index (κ2) is 3.43. The second-order valence-electron chi connectivity index (χ2n) is 4.26. The average molecular weight is 254 g/mol. The van der Waals surface area contributed by atoms with E-state index in [2.05, 4.69) is 15.2 Å². The predicted octanol–water partition coefficient (Wildman–Crippen LogP) is 3.92. The standard InChI is InChI=1S/C14H8ClN3/c15-8-5-6-11-10(7-8)14-13(16-11)9-3-1-2-4-12(9)17-18-14/h1-7,16H. The molecule has 0 amide bonds. The van der Waals surface area contributed by atoms with E-state index >= 15 is 0 Å². The molecule has 2 heterocycles. The number of nitrogens with one attached hydrogen (secondary N) is 1. The van der Waals surface area contributed by atoms with Gasteiger partial charge in [0.25, 0.3) is 0 Å². The van der Waals surface area contributed by atoms with E-state index in [0.29, 0.717) is 5.02 Å². The number of rotatable bonds is 0. The van der Waals surface area contributed by atoms with Crippen molar-refractivity contribution >= 4 is 44.4 Å². The Hall–Kier alpha value is -2.13. The fourth-order valence-corrected chi connectivity index (χ4v) is 2.50. The summed E-state index contributed by atoms with van der Waals surface area (Å²) in [6, 6.07) is 13.7. The molecule has 0 saturated carbocycles. The number of fused-ring (bicyclic) bond motifs is 5. The van der Waals surface area contributed by atoms with Crippen molar-refractivity contribution in [1.29, 1.82) is 0 Å². The normalized spacial score (nSPS) is 11.6. The number of hydrogen-bond acceptors (Lipinski definition) is 2. The van der Waals surface area contributed by atoms with Gasteiger partial charge in [0, 0.05) is 21.3 Å². The Labute approximate surface area is 107 Å². The van der Waals surface area contributed by atoms with E-state index < -0.39 is 0 Å². The number of halogens is 1. The molecular weight excluding hydrogens is 246 g/mol. The third-order valence-corrected chi connectivity index (χ3v) is 3.40. The zero-order chi connectivity index (χ0) is 12.1. The second-order valence-corrected chi connectivity index (χ2v) is 4.69. The zero-order valence-electron chi connectivity index (χ0n) is 9.31. The summed E-state index contributed by atoms with van der Waals surface area (Å²) in [5.41, 5.74) is 3.80. The maximum Gasteiger partial charge on any atom is 0.119 e. The van der Waals surface area contributed by atoms with E-state index in [1.165, 1.54) is 0 Å². The molecular formula is C14H8ClN3. The van der Waals surface area contributed by atoms with Crippen LogP contribution in [-0.2, 0) is 0 Å². The van der Waals surface area contributed by atoms with Crippen molar-refractivity contribution in [1.82, 2.24) is 15.2 Å². The largest absolute Gasteiger partial charge is 0.353 e. The first kappa shape index (κ1) is 9.85. The molecule has 0 aliphatic rings. The van der Waals surface area contributed by atoms with Gasteiger partial charge in [0.2, 0.25) is 0 Å². The van der Waals surface area contributed by atoms with Gasteiger partial charge >= 0.3 is 0 Å². The van der Waals surface area contributed by atoms with Crippen LogP contribution in [0, 0.1) is 0 Å². The molecule has 0 atom stereocenters. The van der Waals surface area contributed by atoms with E-state index in [1.54, 1.807) is 0 Å². The summed E-state index contributed by atoms with van der Waals surface area (Å²) in [6.07, 6.45) is 0. The Morgan fingerprint density at radius 3 is 2.78 bits per heavy atom. The number of H-pyrrole nitrogens is 1. The van der Waals surface area contributed by atoms with Crippen molar-refractivity contribution in [2.24, 2.45) is 0 Å². The van der Waals surface area contributed by atoms with Crippen LogP contribution in [0.1, 0.15) is 0 Å². The highest BCUT2D eigenvalue weighted by atomic mass is 35.5. The highest BCUT2D eigenvalue weighted by molar-refractivity contribution is 6.32. The highest BCUT2D eigenvalue weighted by Crippen LogP contribution is 2.29. The maximum absolute atomic E-state index is 6.03. The Balaban J connectivity index is 2.30. The van der Waals surface area contributed by atoms with Crippen LogP contribution in [0.15, 0.2) is 42.5 Å². The van der Waals surface area contributed by atoms with E-state index in [-0.39, 0.29) is 0 Å². The van der Waals surface area contributed by atoms with Crippen LogP contribution in [0.3, 0.4) is 0 Å². The average Bonchev–Trinajstić information content (AvgIpc) is 2.77. The van der Waals surface area contributed by atoms with Gasteiger partial charge in [-0.1, -0.05) is 29.8 Å². The van der Waals surface area contributed by atoms with E-state index in [4.69, 9.17) is 11.6 Å². The van der Waals surface area contributed by atoms with E-state index in [9.17, 15) is 0 Å². The molecule has 0 aliphatic heterocycles. The van der Waals surface area contributed by atoms with Crippen molar-refractivity contribution in [3.05, 3.63) is 47.5 Å². The molecule has 18 heavy (non-hydrogen) atoms. The summed E-state index contributed by atoms with van der Waals surface area (Å²) in [5.74, 6) is 0. The van der Waals surface area contributed by atoms with Crippen molar-refractivity contribution in [2.45, 2.75) is 0 Å². The lowest BCUT2D eigenvalue weighted by Crippen LogP contribution is -1.84. The molecule has 4 heteroatoms. The summed E-state index contributed by atoms with van der Waals surface area (Å²) >= 11 is 6.03. The molecule has 2 aromatic carbocycles. The molecule has 0 aliphatic carbocycles. The van der Waals surface area contributed by atoms with Gasteiger partial charge in [-0.25, -0.2) is 0 Å². The van der Waals surface area contributed by atoms with Crippen LogP contribution in [0.25, 0.3) is 32.8 Å². The first-order chi connectivity index (χ1) is 8.83. The molecule has 0 radical (unpaired) electrons. The monoisotopic (exact) mass is 253 g/mol. The number of aromatic nitrogens is 3. The van der Waals surface area contributed by atoms with Gasteiger partial charge in [-0.2, -0.15) is 0 Å². The van der Waals surface area contributed by atoms with Crippen molar-refractivity contribution < 1.29 is 0 Å². The summed E-state index contributed by atoms with van der Waals surface area (Å²) in [5, 5.41) is 11.3. The number of hydrogen-bond donors (Lipinski definition) is 1. The highest BCUT2D eigenvalue weighted by Gasteiger charge is 2.09.